The number of halogens is 2. The minimum Gasteiger partial charge on any atom is -0.508 e. The first kappa shape index (κ1) is 13.8. The molecule has 0 radical (unpaired) electrons. The molecule has 20 heavy (non-hydrogen) atoms. The van der Waals surface area contributed by atoms with Gasteiger partial charge in [0.25, 0.3) is 0 Å². The number of rotatable bonds is 3. The molecule has 0 saturated carbocycles. The molecule has 0 amide bonds. The maximum absolute atomic E-state index is 14.0. The van der Waals surface area contributed by atoms with E-state index < -0.39 is 11.6 Å². The third-order valence-electron chi connectivity index (χ3n) is 2.87. The van der Waals surface area contributed by atoms with Gasteiger partial charge in [-0.2, -0.15) is 5.26 Å². The van der Waals surface area contributed by atoms with E-state index in [4.69, 9.17) is 5.26 Å². The molecule has 0 aliphatic heterocycles. The van der Waals surface area contributed by atoms with Crippen molar-refractivity contribution >= 4 is 11.4 Å². The molecule has 0 aliphatic carbocycles. The van der Waals surface area contributed by atoms with Crippen molar-refractivity contribution in [2.75, 3.05) is 11.4 Å². The lowest BCUT2D eigenvalue weighted by Crippen LogP contribution is -2.19. The zero-order valence-corrected chi connectivity index (χ0v) is 10.8. The van der Waals surface area contributed by atoms with E-state index in [0.29, 0.717) is 12.2 Å². The van der Waals surface area contributed by atoms with Gasteiger partial charge in [-0.3, -0.25) is 0 Å². The molecule has 0 unspecified atom stereocenters. The molecule has 5 heteroatoms. The van der Waals surface area contributed by atoms with Crippen LogP contribution in [0, 0.1) is 23.0 Å². The summed E-state index contributed by atoms with van der Waals surface area (Å²) in [5.74, 6) is -1.62. The van der Waals surface area contributed by atoms with Gasteiger partial charge in [0.2, 0.25) is 0 Å². The summed E-state index contributed by atoms with van der Waals surface area (Å²) in [4.78, 5) is 1.39. The van der Waals surface area contributed by atoms with Crippen molar-refractivity contribution in [1.82, 2.24) is 0 Å². The number of hydrogen-bond acceptors (Lipinski definition) is 3. The van der Waals surface area contributed by atoms with Crippen molar-refractivity contribution in [3.8, 4) is 11.8 Å². The van der Waals surface area contributed by atoms with E-state index in [-0.39, 0.29) is 17.0 Å². The topological polar surface area (TPSA) is 47.3 Å². The van der Waals surface area contributed by atoms with Crippen molar-refractivity contribution < 1.29 is 13.9 Å². The molecule has 0 atom stereocenters. The first-order valence-electron chi connectivity index (χ1n) is 6.02. The summed E-state index contributed by atoms with van der Waals surface area (Å²) in [7, 11) is 0. The molecule has 0 heterocycles. The maximum atomic E-state index is 14.0. The predicted molar refractivity (Wildman–Crippen MR) is 71.9 cm³/mol. The molecule has 3 nitrogen and oxygen atoms in total. The van der Waals surface area contributed by atoms with Gasteiger partial charge in [0, 0.05) is 18.3 Å². The van der Waals surface area contributed by atoms with Crippen LogP contribution >= 0.6 is 0 Å². The molecule has 0 saturated heterocycles. The summed E-state index contributed by atoms with van der Waals surface area (Å²) in [5.41, 5.74) is 0.155. The van der Waals surface area contributed by atoms with Gasteiger partial charge >= 0.3 is 0 Å². The standard InChI is InChI=1S/C15H12F2N2O/c1-2-19(11-4-3-5-12(20)8-11)15-13(16)6-10(9-18)7-14(15)17/h3-8,20H,2H2,1H3. The lowest BCUT2D eigenvalue weighted by molar-refractivity contribution is 0.475. The number of hydrogen-bond donors (Lipinski definition) is 1. The van der Waals surface area contributed by atoms with Crippen LogP contribution in [0.5, 0.6) is 5.75 Å². The van der Waals surface area contributed by atoms with E-state index in [1.165, 1.54) is 17.0 Å². The summed E-state index contributed by atoms with van der Waals surface area (Å²) >= 11 is 0. The molecule has 102 valence electrons. The van der Waals surface area contributed by atoms with Crippen molar-refractivity contribution in [3.63, 3.8) is 0 Å². The number of nitrogens with zero attached hydrogens (tertiary/aromatic N) is 2. The van der Waals surface area contributed by atoms with E-state index in [0.717, 1.165) is 12.1 Å². The summed E-state index contributed by atoms with van der Waals surface area (Å²) in [6.45, 7) is 2.05. The van der Waals surface area contributed by atoms with Crippen LogP contribution in [0.2, 0.25) is 0 Å². The van der Waals surface area contributed by atoms with Gasteiger partial charge in [0.05, 0.1) is 11.6 Å². The molecular weight excluding hydrogens is 262 g/mol. The minimum absolute atomic E-state index is 0.00964. The Morgan fingerprint density at radius 2 is 1.85 bits per heavy atom. The number of phenols is 1. The van der Waals surface area contributed by atoms with Crippen LogP contribution in [0.1, 0.15) is 12.5 Å². The Hall–Kier alpha value is -2.61. The monoisotopic (exact) mass is 274 g/mol. The summed E-state index contributed by atoms with van der Waals surface area (Å²) < 4.78 is 28.1. The summed E-state index contributed by atoms with van der Waals surface area (Å²) in [5, 5.41) is 18.2. The lowest BCUT2D eigenvalue weighted by Gasteiger charge is -2.24. The second-order valence-electron chi connectivity index (χ2n) is 4.16. The van der Waals surface area contributed by atoms with Crippen molar-refractivity contribution in [2.24, 2.45) is 0 Å². The molecular formula is C15H12F2N2O. The van der Waals surface area contributed by atoms with Gasteiger partial charge in [-0.15, -0.1) is 0 Å². The highest BCUT2D eigenvalue weighted by molar-refractivity contribution is 5.66. The summed E-state index contributed by atoms with van der Waals surface area (Å²) in [6, 6.07) is 9.80. The number of nitriles is 1. The lowest BCUT2D eigenvalue weighted by atomic mass is 10.1. The molecule has 0 fully saturated rings. The van der Waals surface area contributed by atoms with Crippen LogP contribution in [0.4, 0.5) is 20.2 Å². The van der Waals surface area contributed by atoms with Gasteiger partial charge in [-0.25, -0.2) is 8.78 Å². The quantitative estimate of drug-likeness (QED) is 0.928. The first-order chi connectivity index (χ1) is 9.56. The van der Waals surface area contributed by atoms with Gasteiger partial charge in [-0.1, -0.05) is 6.07 Å². The normalized spacial score (nSPS) is 10.1. The van der Waals surface area contributed by atoms with Crippen molar-refractivity contribution in [2.45, 2.75) is 6.92 Å². The highest BCUT2D eigenvalue weighted by Gasteiger charge is 2.18. The fourth-order valence-electron chi connectivity index (χ4n) is 2.02. The Bertz CT molecular complexity index is 657. The van der Waals surface area contributed by atoms with Crippen LogP contribution in [0.25, 0.3) is 0 Å². The van der Waals surface area contributed by atoms with E-state index in [1.807, 2.05) is 0 Å². The molecule has 2 rings (SSSR count). The van der Waals surface area contributed by atoms with E-state index in [2.05, 4.69) is 0 Å². The Morgan fingerprint density at radius 3 is 2.35 bits per heavy atom. The summed E-state index contributed by atoms with van der Waals surface area (Å²) in [6.07, 6.45) is 0. The Kier molecular flexibility index (Phi) is 3.85. The Balaban J connectivity index is 2.56. The fraction of sp³-hybridized carbons (Fsp3) is 0.133. The van der Waals surface area contributed by atoms with Crippen molar-refractivity contribution in [3.05, 3.63) is 53.6 Å². The maximum Gasteiger partial charge on any atom is 0.151 e. The zero-order chi connectivity index (χ0) is 14.7. The van der Waals surface area contributed by atoms with Gasteiger partial charge in [-0.05, 0) is 31.2 Å². The number of phenolic OH excluding ortho intramolecular Hbond substituents is 1. The van der Waals surface area contributed by atoms with Gasteiger partial charge in [0.15, 0.2) is 11.6 Å². The molecule has 0 aromatic heterocycles. The largest absolute Gasteiger partial charge is 0.508 e. The minimum atomic E-state index is -0.813. The second kappa shape index (κ2) is 5.57. The van der Waals surface area contributed by atoms with Gasteiger partial charge < -0.3 is 10.0 Å². The average molecular weight is 274 g/mol. The number of aromatic hydroxyl groups is 1. The van der Waals surface area contributed by atoms with Crippen LogP contribution in [0.15, 0.2) is 36.4 Å². The molecule has 1 N–H and O–H groups in total. The predicted octanol–water partition coefficient (Wildman–Crippen LogP) is 3.70. The highest BCUT2D eigenvalue weighted by Crippen LogP contribution is 2.32. The van der Waals surface area contributed by atoms with Crippen molar-refractivity contribution in [1.29, 1.82) is 5.26 Å². The van der Waals surface area contributed by atoms with Crippen LogP contribution in [0.3, 0.4) is 0 Å². The number of anilines is 2. The fourth-order valence-corrected chi connectivity index (χ4v) is 2.02. The van der Waals surface area contributed by atoms with Gasteiger partial charge in [0.1, 0.15) is 11.4 Å². The van der Waals surface area contributed by atoms with Crippen LogP contribution < -0.4 is 4.90 Å². The van der Waals surface area contributed by atoms with E-state index >= 15 is 0 Å². The van der Waals surface area contributed by atoms with Crippen LogP contribution in [-0.4, -0.2) is 11.7 Å². The van der Waals surface area contributed by atoms with E-state index in [1.54, 1.807) is 25.1 Å². The van der Waals surface area contributed by atoms with E-state index in [9.17, 15) is 13.9 Å². The SMILES string of the molecule is CCN(c1cccc(O)c1)c1c(F)cc(C#N)cc1F. The smallest absolute Gasteiger partial charge is 0.151 e. The molecule has 0 spiro atoms. The first-order valence-corrected chi connectivity index (χ1v) is 6.02. The third-order valence-corrected chi connectivity index (χ3v) is 2.87. The Morgan fingerprint density at radius 1 is 1.20 bits per heavy atom. The molecule has 0 aliphatic rings. The Labute approximate surface area is 115 Å². The average Bonchev–Trinajstić information content (AvgIpc) is 2.42. The molecule has 2 aromatic carbocycles. The zero-order valence-electron chi connectivity index (χ0n) is 10.8. The second-order valence-corrected chi connectivity index (χ2v) is 4.16. The highest BCUT2D eigenvalue weighted by atomic mass is 19.1. The molecule has 2 aromatic rings. The van der Waals surface area contributed by atoms with Crippen LogP contribution in [-0.2, 0) is 0 Å². The molecule has 0 bridgehead atoms. The third kappa shape index (κ3) is 2.54. The number of benzene rings is 2.